The van der Waals surface area contributed by atoms with E-state index in [1.807, 2.05) is 0 Å². The number of hydrogen-bond donors (Lipinski definition) is 1. The van der Waals surface area contributed by atoms with Crippen LogP contribution in [0.15, 0.2) is 46.9 Å². The zero-order chi connectivity index (χ0) is 20.2. The first-order valence-electron chi connectivity index (χ1n) is 7.84. The molecule has 0 bridgehead atoms. The van der Waals surface area contributed by atoms with Crippen molar-refractivity contribution in [2.24, 2.45) is 0 Å². The van der Waals surface area contributed by atoms with Gasteiger partial charge < -0.3 is 4.74 Å². The molecule has 144 valence electrons. The molecule has 0 spiro atoms. The molecule has 1 unspecified atom stereocenters. The van der Waals surface area contributed by atoms with E-state index in [0.29, 0.717) is 22.2 Å². The molecule has 1 atom stereocenters. The first-order valence-corrected chi connectivity index (χ1v) is 9.39. The summed E-state index contributed by atoms with van der Waals surface area (Å²) in [6.07, 6.45) is -2.08. The number of alkyl halides is 3. The lowest BCUT2D eigenvalue weighted by atomic mass is 9.97. The third-order valence-corrected chi connectivity index (χ3v) is 4.70. The van der Waals surface area contributed by atoms with Gasteiger partial charge in [-0.15, -0.1) is 0 Å². The fourth-order valence-corrected chi connectivity index (χ4v) is 3.53. The topological polar surface area (TPSA) is 33.1 Å². The van der Waals surface area contributed by atoms with Gasteiger partial charge in [0.2, 0.25) is 5.90 Å². The summed E-state index contributed by atoms with van der Waals surface area (Å²) < 4.78 is 46.2. The summed E-state index contributed by atoms with van der Waals surface area (Å²) in [5.74, 6) is -1.87. The zero-order valence-corrected chi connectivity index (χ0v) is 17.2. The zero-order valence-electron chi connectivity index (χ0n) is 14.1. The summed E-state index contributed by atoms with van der Waals surface area (Å²) in [4.78, 5) is 0. The first kappa shape index (κ1) is 21.8. The molecule has 0 aromatic heterocycles. The quantitative estimate of drug-likeness (QED) is 0.349. The van der Waals surface area contributed by atoms with Gasteiger partial charge in [-0.2, -0.15) is 13.2 Å². The van der Waals surface area contributed by atoms with Crippen LogP contribution < -0.4 is 0 Å². The molecule has 27 heavy (non-hydrogen) atoms. The number of hydrogen-bond acceptors (Lipinski definition) is 2. The van der Waals surface area contributed by atoms with Crippen molar-refractivity contribution < 1.29 is 17.9 Å². The normalized spacial score (nSPS) is 13.0. The van der Waals surface area contributed by atoms with Gasteiger partial charge in [0.05, 0.1) is 18.1 Å². The maximum atomic E-state index is 13.5. The molecule has 0 aliphatic heterocycles. The average Bonchev–Trinajstić information content (AvgIpc) is 2.53. The number of nitrogens with one attached hydrogen (secondary N) is 1. The second-order valence-electron chi connectivity index (χ2n) is 5.58. The minimum absolute atomic E-state index is 0.0124. The van der Waals surface area contributed by atoms with Gasteiger partial charge in [0.25, 0.3) is 0 Å². The SMILES string of the molecule is CCOC(=N)c1ccc(/C=C/C(c2cc(Cl)cc(Cl)c2)C(F)(F)F)cc1Br. The highest BCUT2D eigenvalue weighted by Crippen LogP contribution is 2.38. The Bertz CT molecular complexity index is 848. The fraction of sp³-hybridized carbons (Fsp3) is 0.211. The van der Waals surface area contributed by atoms with Gasteiger partial charge in [0.1, 0.15) is 0 Å². The molecule has 2 rings (SSSR count). The Kier molecular flexibility index (Phi) is 7.37. The molecule has 0 saturated heterocycles. The Hall–Kier alpha value is -1.50. The Labute approximate surface area is 173 Å². The Morgan fingerprint density at radius 2 is 1.81 bits per heavy atom. The van der Waals surface area contributed by atoms with E-state index in [0.717, 1.165) is 6.08 Å². The Morgan fingerprint density at radius 1 is 1.19 bits per heavy atom. The summed E-state index contributed by atoms with van der Waals surface area (Å²) in [6, 6.07) is 8.73. The summed E-state index contributed by atoms with van der Waals surface area (Å²) >= 11 is 15.0. The van der Waals surface area contributed by atoms with Crippen LogP contribution in [0, 0.1) is 5.41 Å². The van der Waals surface area contributed by atoms with E-state index < -0.39 is 12.1 Å². The van der Waals surface area contributed by atoms with Crippen LogP contribution in [-0.4, -0.2) is 18.7 Å². The van der Waals surface area contributed by atoms with E-state index in [1.165, 1.54) is 24.3 Å². The molecule has 0 heterocycles. The van der Waals surface area contributed by atoms with E-state index in [-0.39, 0.29) is 21.5 Å². The van der Waals surface area contributed by atoms with Gasteiger partial charge in [-0.1, -0.05) is 41.4 Å². The molecule has 0 aliphatic carbocycles. The predicted octanol–water partition coefficient (Wildman–Crippen LogP) is 7.48. The molecule has 8 heteroatoms. The van der Waals surface area contributed by atoms with Crippen LogP contribution in [0.4, 0.5) is 13.2 Å². The third kappa shape index (κ3) is 5.99. The lowest BCUT2D eigenvalue weighted by Gasteiger charge is -2.18. The van der Waals surface area contributed by atoms with Gasteiger partial charge >= 0.3 is 6.18 Å². The maximum absolute atomic E-state index is 13.5. The van der Waals surface area contributed by atoms with Crippen LogP contribution in [-0.2, 0) is 4.74 Å². The summed E-state index contributed by atoms with van der Waals surface area (Å²) in [5, 5.41) is 8.08. The highest BCUT2D eigenvalue weighted by Gasteiger charge is 2.39. The van der Waals surface area contributed by atoms with Crippen molar-refractivity contribution in [3.05, 3.63) is 73.7 Å². The molecule has 0 saturated carbocycles. The summed E-state index contributed by atoms with van der Waals surface area (Å²) in [5.41, 5.74) is 1.02. The largest absolute Gasteiger partial charge is 0.478 e. The van der Waals surface area contributed by atoms with Crippen molar-refractivity contribution in [3.63, 3.8) is 0 Å². The van der Waals surface area contributed by atoms with Crippen LogP contribution in [0.1, 0.15) is 29.5 Å². The van der Waals surface area contributed by atoms with Crippen LogP contribution in [0.2, 0.25) is 10.0 Å². The van der Waals surface area contributed by atoms with Gasteiger partial charge in [0.15, 0.2) is 0 Å². The number of benzene rings is 2. The second-order valence-corrected chi connectivity index (χ2v) is 7.31. The molecule has 0 aliphatic rings. The van der Waals surface area contributed by atoms with E-state index >= 15 is 0 Å². The molecule has 0 radical (unpaired) electrons. The van der Waals surface area contributed by atoms with Gasteiger partial charge in [-0.3, -0.25) is 5.41 Å². The molecule has 2 nitrogen and oxygen atoms in total. The van der Waals surface area contributed by atoms with E-state index in [2.05, 4.69) is 15.9 Å². The number of ether oxygens (including phenoxy) is 1. The van der Waals surface area contributed by atoms with Crippen LogP contribution >= 0.6 is 39.1 Å². The van der Waals surface area contributed by atoms with Crippen molar-refractivity contribution in [1.82, 2.24) is 0 Å². The molecular formula is C19H15BrCl2F3NO. The molecule has 1 N–H and O–H groups in total. The van der Waals surface area contributed by atoms with Crippen molar-refractivity contribution in [2.75, 3.05) is 6.61 Å². The lowest BCUT2D eigenvalue weighted by Crippen LogP contribution is -2.18. The Balaban J connectivity index is 2.34. The molecule has 0 amide bonds. The highest BCUT2D eigenvalue weighted by molar-refractivity contribution is 9.10. The van der Waals surface area contributed by atoms with Gasteiger partial charge in [-0.25, -0.2) is 0 Å². The maximum Gasteiger partial charge on any atom is 0.399 e. The molecular weight excluding hydrogens is 466 g/mol. The van der Waals surface area contributed by atoms with Crippen LogP contribution in [0.3, 0.4) is 0 Å². The standard InChI is InChI=1S/C19H15BrCl2F3NO/c1-2-27-18(26)15-5-3-11(7-17(15)20)4-6-16(19(23,24)25)12-8-13(21)10-14(22)9-12/h3-10,16,26H,2H2,1H3/b6-4+,26-18?. The summed E-state index contributed by atoms with van der Waals surface area (Å²) in [7, 11) is 0. The van der Waals surface area contributed by atoms with Gasteiger partial charge in [0, 0.05) is 14.5 Å². The van der Waals surface area contributed by atoms with Crippen molar-refractivity contribution in [3.8, 4) is 0 Å². The van der Waals surface area contributed by atoms with Crippen molar-refractivity contribution in [2.45, 2.75) is 19.0 Å². The van der Waals surface area contributed by atoms with E-state index in [9.17, 15) is 13.2 Å². The molecule has 2 aromatic carbocycles. The average molecular weight is 481 g/mol. The van der Waals surface area contributed by atoms with Crippen molar-refractivity contribution in [1.29, 1.82) is 5.41 Å². The Morgan fingerprint density at radius 3 is 2.33 bits per heavy atom. The van der Waals surface area contributed by atoms with Crippen molar-refractivity contribution >= 4 is 51.1 Å². The molecule has 0 fully saturated rings. The second kappa shape index (κ2) is 9.13. The molecule has 2 aromatic rings. The smallest absolute Gasteiger partial charge is 0.399 e. The number of allylic oxidation sites excluding steroid dienone is 1. The highest BCUT2D eigenvalue weighted by atomic mass is 79.9. The van der Waals surface area contributed by atoms with E-state index in [4.69, 9.17) is 33.3 Å². The lowest BCUT2D eigenvalue weighted by molar-refractivity contribution is -0.139. The predicted molar refractivity (Wildman–Crippen MR) is 107 cm³/mol. The van der Waals surface area contributed by atoms with Gasteiger partial charge in [-0.05, 0) is 64.3 Å². The number of halogens is 6. The minimum atomic E-state index is -4.50. The third-order valence-electron chi connectivity index (χ3n) is 3.60. The number of rotatable bonds is 5. The van der Waals surface area contributed by atoms with Crippen LogP contribution in [0.5, 0.6) is 0 Å². The monoisotopic (exact) mass is 479 g/mol. The fourth-order valence-electron chi connectivity index (χ4n) is 2.41. The van der Waals surface area contributed by atoms with E-state index in [1.54, 1.807) is 25.1 Å². The van der Waals surface area contributed by atoms with Crippen LogP contribution in [0.25, 0.3) is 6.08 Å². The first-order chi connectivity index (χ1) is 12.6. The summed E-state index contributed by atoms with van der Waals surface area (Å²) in [6.45, 7) is 2.11. The minimum Gasteiger partial charge on any atom is -0.478 e.